The van der Waals surface area contributed by atoms with Crippen molar-refractivity contribution in [3.05, 3.63) is 63.0 Å². The summed E-state index contributed by atoms with van der Waals surface area (Å²) in [5, 5.41) is 31.7. The van der Waals surface area contributed by atoms with Crippen LogP contribution in [0, 0.1) is 10.1 Å². The number of aliphatic carboxylic acids is 2. The molecule has 1 unspecified atom stereocenters. The number of carboxylic acids is 2. The Bertz CT molecular complexity index is 813. The van der Waals surface area contributed by atoms with Gasteiger partial charge in [0.25, 0.3) is 5.69 Å². The van der Waals surface area contributed by atoms with E-state index in [1.807, 2.05) is 6.92 Å². The standard InChI is InChI=1S/C17H18N2O7/c1-3-8-26-18-9-12(16(20)21)15(14(10(18)2)17(22)23)11-6-4-5-7-13(11)19(24)25/h4-7,9,15H,3,8H2,1-2H3,(H,20,21)(H,22,23). The lowest BCUT2D eigenvalue weighted by Gasteiger charge is -2.31. The first-order valence-electron chi connectivity index (χ1n) is 7.84. The molecule has 1 atom stereocenters. The highest BCUT2D eigenvalue weighted by Gasteiger charge is 2.40. The Balaban J connectivity index is 2.71. The minimum absolute atomic E-state index is 0.00181. The number of hydrogen-bond acceptors (Lipinski definition) is 6. The molecule has 0 amide bonds. The smallest absolute Gasteiger partial charge is 0.334 e. The number of nitrogens with zero attached hydrogens (tertiary/aromatic N) is 2. The first-order chi connectivity index (χ1) is 12.3. The first-order valence-corrected chi connectivity index (χ1v) is 7.84. The van der Waals surface area contributed by atoms with E-state index in [1.54, 1.807) is 0 Å². The second kappa shape index (κ2) is 7.79. The van der Waals surface area contributed by atoms with Crippen LogP contribution in [0.3, 0.4) is 0 Å². The fraction of sp³-hybridized carbons (Fsp3) is 0.294. The quantitative estimate of drug-likeness (QED) is 0.559. The molecule has 2 rings (SSSR count). The van der Waals surface area contributed by atoms with Crippen LogP contribution in [-0.2, 0) is 14.4 Å². The number of carbonyl (C=O) groups is 2. The highest BCUT2D eigenvalue weighted by Crippen LogP contribution is 2.42. The minimum atomic E-state index is -1.38. The second-order valence-electron chi connectivity index (χ2n) is 5.60. The van der Waals surface area contributed by atoms with Crippen LogP contribution in [0.25, 0.3) is 0 Å². The Morgan fingerprint density at radius 1 is 1.27 bits per heavy atom. The molecule has 138 valence electrons. The van der Waals surface area contributed by atoms with E-state index >= 15 is 0 Å². The molecule has 1 aromatic carbocycles. The van der Waals surface area contributed by atoms with E-state index in [0.717, 1.165) is 5.06 Å². The van der Waals surface area contributed by atoms with Crippen LogP contribution in [0.15, 0.2) is 47.3 Å². The molecule has 0 aliphatic carbocycles. The first kappa shape index (κ1) is 19.1. The second-order valence-corrected chi connectivity index (χ2v) is 5.60. The summed E-state index contributed by atoms with van der Waals surface area (Å²) in [6.07, 6.45) is 1.80. The molecule has 0 bridgehead atoms. The topological polar surface area (TPSA) is 130 Å². The van der Waals surface area contributed by atoms with Gasteiger partial charge in [0, 0.05) is 17.8 Å². The van der Waals surface area contributed by atoms with E-state index < -0.39 is 22.8 Å². The van der Waals surface area contributed by atoms with Gasteiger partial charge in [0.2, 0.25) is 0 Å². The predicted molar refractivity (Wildman–Crippen MR) is 90.0 cm³/mol. The third-order valence-corrected chi connectivity index (χ3v) is 3.93. The average Bonchev–Trinajstić information content (AvgIpc) is 2.59. The van der Waals surface area contributed by atoms with Crippen molar-refractivity contribution >= 4 is 17.6 Å². The lowest BCUT2D eigenvalue weighted by atomic mass is 9.81. The molecule has 9 nitrogen and oxygen atoms in total. The van der Waals surface area contributed by atoms with Gasteiger partial charge in [-0.15, -0.1) is 0 Å². The van der Waals surface area contributed by atoms with Crippen molar-refractivity contribution in [2.45, 2.75) is 26.2 Å². The summed E-state index contributed by atoms with van der Waals surface area (Å²) in [5.74, 6) is -4.06. The third kappa shape index (κ3) is 3.57. The molecule has 0 saturated carbocycles. The number of allylic oxidation sites excluding steroid dienone is 1. The number of carboxylic acid groups (broad SMARTS) is 2. The van der Waals surface area contributed by atoms with Crippen molar-refractivity contribution in [1.29, 1.82) is 0 Å². The van der Waals surface area contributed by atoms with E-state index in [9.17, 15) is 29.9 Å². The van der Waals surface area contributed by atoms with Gasteiger partial charge in [0.15, 0.2) is 0 Å². The lowest BCUT2D eigenvalue weighted by Crippen LogP contribution is -2.31. The number of nitro benzene ring substituents is 1. The SMILES string of the molecule is CCCON1C=C(C(=O)O)C(c2ccccc2[N+](=O)[O-])C(C(=O)O)=C1C. The molecular formula is C17H18N2O7. The van der Waals surface area contributed by atoms with Crippen molar-refractivity contribution in [1.82, 2.24) is 5.06 Å². The lowest BCUT2D eigenvalue weighted by molar-refractivity contribution is -0.385. The van der Waals surface area contributed by atoms with Crippen molar-refractivity contribution in [3.63, 3.8) is 0 Å². The zero-order valence-electron chi connectivity index (χ0n) is 14.2. The number of benzene rings is 1. The van der Waals surface area contributed by atoms with Gasteiger partial charge in [-0.3, -0.25) is 15.0 Å². The summed E-state index contributed by atoms with van der Waals surface area (Å²) in [5.41, 5.74) is -0.787. The predicted octanol–water partition coefficient (Wildman–Crippen LogP) is 2.66. The molecule has 0 aromatic heterocycles. The zero-order valence-corrected chi connectivity index (χ0v) is 14.2. The Morgan fingerprint density at radius 3 is 2.46 bits per heavy atom. The molecule has 9 heteroatoms. The van der Waals surface area contributed by atoms with Crippen molar-refractivity contribution in [2.75, 3.05) is 6.61 Å². The molecule has 1 aliphatic heterocycles. The highest BCUT2D eigenvalue weighted by atomic mass is 16.7. The largest absolute Gasteiger partial charge is 0.478 e. The fourth-order valence-electron chi connectivity index (χ4n) is 2.78. The van der Waals surface area contributed by atoms with Crippen LogP contribution in [0.1, 0.15) is 31.7 Å². The van der Waals surface area contributed by atoms with Crippen LogP contribution in [0.2, 0.25) is 0 Å². The van der Waals surface area contributed by atoms with Gasteiger partial charge in [0.05, 0.1) is 34.3 Å². The van der Waals surface area contributed by atoms with E-state index in [-0.39, 0.29) is 34.7 Å². The van der Waals surface area contributed by atoms with Gasteiger partial charge in [-0.05, 0) is 13.3 Å². The summed E-state index contributed by atoms with van der Waals surface area (Å²) in [6, 6.07) is 5.50. The monoisotopic (exact) mass is 362 g/mol. The van der Waals surface area contributed by atoms with Crippen LogP contribution in [0.5, 0.6) is 0 Å². The molecule has 1 aliphatic rings. The Kier molecular flexibility index (Phi) is 5.73. The van der Waals surface area contributed by atoms with Gasteiger partial charge in [-0.2, -0.15) is 0 Å². The van der Waals surface area contributed by atoms with Crippen molar-refractivity contribution in [3.8, 4) is 0 Å². The van der Waals surface area contributed by atoms with Crippen molar-refractivity contribution < 1.29 is 29.6 Å². The summed E-state index contributed by atoms with van der Waals surface area (Å²) < 4.78 is 0. The summed E-state index contributed by atoms with van der Waals surface area (Å²) in [7, 11) is 0. The molecule has 0 radical (unpaired) electrons. The van der Waals surface area contributed by atoms with Gasteiger partial charge in [0.1, 0.15) is 0 Å². The molecule has 0 spiro atoms. The molecule has 1 aromatic rings. The molecular weight excluding hydrogens is 344 g/mol. The number of rotatable bonds is 7. The van der Waals surface area contributed by atoms with E-state index in [1.165, 1.54) is 37.4 Å². The van der Waals surface area contributed by atoms with Gasteiger partial charge in [-0.25, -0.2) is 14.7 Å². The van der Waals surface area contributed by atoms with Crippen molar-refractivity contribution in [2.24, 2.45) is 0 Å². The Hall–Kier alpha value is -3.20. The van der Waals surface area contributed by atoms with Gasteiger partial charge < -0.3 is 10.2 Å². The highest BCUT2D eigenvalue weighted by molar-refractivity contribution is 5.98. The van der Waals surface area contributed by atoms with Crippen LogP contribution < -0.4 is 0 Å². The molecule has 26 heavy (non-hydrogen) atoms. The minimum Gasteiger partial charge on any atom is -0.478 e. The summed E-state index contributed by atoms with van der Waals surface area (Å²) in [6.45, 7) is 3.57. The Labute approximate surface area is 148 Å². The summed E-state index contributed by atoms with van der Waals surface area (Å²) in [4.78, 5) is 39.8. The van der Waals surface area contributed by atoms with E-state index in [2.05, 4.69) is 0 Å². The van der Waals surface area contributed by atoms with Crippen LogP contribution in [0.4, 0.5) is 5.69 Å². The molecule has 1 heterocycles. The number of para-hydroxylation sites is 1. The maximum atomic E-state index is 11.9. The fourth-order valence-corrected chi connectivity index (χ4v) is 2.78. The molecule has 0 saturated heterocycles. The average molecular weight is 362 g/mol. The molecule has 2 N–H and O–H groups in total. The zero-order chi connectivity index (χ0) is 19.4. The van der Waals surface area contributed by atoms with E-state index in [0.29, 0.717) is 6.42 Å². The Morgan fingerprint density at radius 2 is 1.92 bits per heavy atom. The van der Waals surface area contributed by atoms with Crippen LogP contribution in [-0.4, -0.2) is 38.7 Å². The number of nitro groups is 1. The molecule has 0 fully saturated rings. The van der Waals surface area contributed by atoms with E-state index in [4.69, 9.17) is 4.84 Å². The summed E-state index contributed by atoms with van der Waals surface area (Å²) >= 11 is 0. The van der Waals surface area contributed by atoms with Gasteiger partial charge in [-0.1, -0.05) is 25.1 Å². The number of hydrogen-bond donors (Lipinski definition) is 2. The maximum Gasteiger partial charge on any atom is 0.334 e. The third-order valence-electron chi connectivity index (χ3n) is 3.93. The van der Waals surface area contributed by atoms with Crippen LogP contribution >= 0.6 is 0 Å². The maximum absolute atomic E-state index is 11.9. The normalized spacial score (nSPS) is 17.1. The number of hydroxylamine groups is 2. The van der Waals surface area contributed by atoms with Gasteiger partial charge >= 0.3 is 11.9 Å².